The van der Waals surface area contributed by atoms with Gasteiger partial charge in [0.25, 0.3) is 5.69 Å². The molecule has 1 fully saturated rings. The second-order valence-electron chi connectivity index (χ2n) is 5.50. The van der Waals surface area contributed by atoms with Gasteiger partial charge in [-0.2, -0.15) is 0 Å². The quantitative estimate of drug-likeness (QED) is 0.653. The van der Waals surface area contributed by atoms with Crippen molar-refractivity contribution in [2.24, 2.45) is 5.92 Å². The van der Waals surface area contributed by atoms with Crippen molar-refractivity contribution in [3.63, 3.8) is 0 Å². The Kier molecular flexibility index (Phi) is 5.67. The number of hydrogen-bond donors (Lipinski definition) is 1. The van der Waals surface area contributed by atoms with Crippen molar-refractivity contribution < 1.29 is 4.92 Å². The number of hydrogen-bond acceptors (Lipinski definition) is 4. The Labute approximate surface area is 134 Å². The number of anilines is 1. The fraction of sp³-hybridized carbons (Fsp3) is 0.571. The summed E-state index contributed by atoms with van der Waals surface area (Å²) in [5, 5.41) is 14.7. The van der Waals surface area contributed by atoms with Gasteiger partial charge in [0.1, 0.15) is 5.69 Å². The van der Waals surface area contributed by atoms with Gasteiger partial charge in [-0.05, 0) is 51.4 Å². The van der Waals surface area contributed by atoms with Crippen molar-refractivity contribution in [2.45, 2.75) is 19.3 Å². The van der Waals surface area contributed by atoms with E-state index in [1.54, 1.807) is 0 Å². The van der Waals surface area contributed by atoms with Gasteiger partial charge >= 0.3 is 0 Å². The molecule has 0 aromatic heterocycles. The van der Waals surface area contributed by atoms with Crippen LogP contribution < -0.4 is 5.32 Å². The molecule has 116 valence electrons. The van der Waals surface area contributed by atoms with E-state index in [1.807, 2.05) is 0 Å². The highest BCUT2D eigenvalue weighted by atomic mass is 35.5. The Balaban J connectivity index is 1.93. The molecule has 0 unspecified atom stereocenters. The first-order valence-corrected chi connectivity index (χ1v) is 7.79. The van der Waals surface area contributed by atoms with E-state index in [-0.39, 0.29) is 10.7 Å². The molecule has 0 radical (unpaired) electrons. The van der Waals surface area contributed by atoms with Gasteiger partial charge in [0.2, 0.25) is 0 Å². The van der Waals surface area contributed by atoms with Gasteiger partial charge in [-0.1, -0.05) is 23.2 Å². The molecule has 1 aromatic carbocycles. The topological polar surface area (TPSA) is 58.4 Å². The average Bonchev–Trinajstić information content (AvgIpc) is 2.44. The molecule has 0 bridgehead atoms. The maximum Gasteiger partial charge on any atom is 0.293 e. The summed E-state index contributed by atoms with van der Waals surface area (Å²) in [5.74, 6) is 0.676. The minimum Gasteiger partial charge on any atom is -0.379 e. The Morgan fingerprint density at radius 3 is 2.57 bits per heavy atom. The Morgan fingerprint density at radius 2 is 1.95 bits per heavy atom. The van der Waals surface area contributed by atoms with E-state index in [2.05, 4.69) is 17.3 Å². The summed E-state index contributed by atoms with van der Waals surface area (Å²) in [6.07, 6.45) is 3.37. The van der Waals surface area contributed by atoms with Crippen molar-refractivity contribution in [1.29, 1.82) is 0 Å². The van der Waals surface area contributed by atoms with Crippen LogP contribution in [-0.2, 0) is 0 Å². The Morgan fingerprint density at radius 1 is 1.33 bits per heavy atom. The van der Waals surface area contributed by atoms with Crippen molar-refractivity contribution in [2.75, 3.05) is 32.0 Å². The highest BCUT2D eigenvalue weighted by molar-refractivity contribution is 6.42. The van der Waals surface area contributed by atoms with E-state index in [4.69, 9.17) is 23.2 Å². The molecule has 1 aromatic rings. The van der Waals surface area contributed by atoms with Gasteiger partial charge in [0.05, 0.1) is 15.0 Å². The summed E-state index contributed by atoms with van der Waals surface area (Å²) >= 11 is 11.8. The first kappa shape index (κ1) is 16.3. The number of piperidine rings is 1. The number of halogens is 2. The molecule has 0 spiro atoms. The zero-order valence-corrected chi connectivity index (χ0v) is 13.5. The van der Waals surface area contributed by atoms with Gasteiger partial charge in [-0.25, -0.2) is 0 Å². The van der Waals surface area contributed by atoms with E-state index >= 15 is 0 Å². The van der Waals surface area contributed by atoms with Gasteiger partial charge in [0.15, 0.2) is 0 Å². The first-order valence-electron chi connectivity index (χ1n) is 7.03. The summed E-state index contributed by atoms with van der Waals surface area (Å²) in [7, 11) is 2.13. The molecular weight excluding hydrogens is 313 g/mol. The number of nitro benzene ring substituents is 1. The van der Waals surface area contributed by atoms with E-state index in [1.165, 1.54) is 25.0 Å². The van der Waals surface area contributed by atoms with Crippen LogP contribution in [0.2, 0.25) is 10.0 Å². The van der Waals surface area contributed by atoms with Crippen LogP contribution in [0.4, 0.5) is 11.4 Å². The lowest BCUT2D eigenvalue weighted by molar-refractivity contribution is -0.383. The minimum absolute atomic E-state index is 0.0345. The molecule has 1 aliphatic heterocycles. The Hall–Kier alpha value is -1.04. The summed E-state index contributed by atoms with van der Waals surface area (Å²) in [5.41, 5.74) is 0.398. The van der Waals surface area contributed by atoms with Crippen molar-refractivity contribution in [3.05, 3.63) is 32.3 Å². The number of likely N-dealkylation sites (tertiary alicyclic amines) is 1. The predicted molar refractivity (Wildman–Crippen MR) is 86.4 cm³/mol. The molecule has 0 aliphatic carbocycles. The first-order chi connectivity index (χ1) is 9.97. The van der Waals surface area contributed by atoms with Crippen molar-refractivity contribution in [3.8, 4) is 0 Å². The third-order valence-electron chi connectivity index (χ3n) is 3.94. The van der Waals surface area contributed by atoms with Crippen LogP contribution in [0.15, 0.2) is 12.1 Å². The summed E-state index contributed by atoms with van der Waals surface area (Å²) in [6.45, 7) is 2.95. The second-order valence-corrected chi connectivity index (χ2v) is 6.32. The zero-order valence-electron chi connectivity index (χ0n) is 11.9. The monoisotopic (exact) mass is 331 g/mol. The molecule has 7 heteroatoms. The lowest BCUT2D eigenvalue weighted by atomic mass is 9.94. The second kappa shape index (κ2) is 7.29. The van der Waals surface area contributed by atoms with Gasteiger partial charge < -0.3 is 10.2 Å². The van der Waals surface area contributed by atoms with Crippen LogP contribution in [0.5, 0.6) is 0 Å². The third-order valence-corrected chi connectivity index (χ3v) is 4.66. The van der Waals surface area contributed by atoms with Gasteiger partial charge in [0, 0.05) is 12.6 Å². The van der Waals surface area contributed by atoms with E-state index in [0.717, 1.165) is 19.5 Å². The minimum atomic E-state index is -0.444. The normalized spacial score (nSPS) is 16.9. The van der Waals surface area contributed by atoms with Crippen LogP contribution in [-0.4, -0.2) is 36.5 Å². The zero-order chi connectivity index (χ0) is 15.4. The molecule has 1 heterocycles. The molecule has 2 rings (SSSR count). The highest BCUT2D eigenvalue weighted by Crippen LogP contribution is 2.34. The molecule has 0 amide bonds. The van der Waals surface area contributed by atoms with Crippen molar-refractivity contribution in [1.82, 2.24) is 4.90 Å². The van der Waals surface area contributed by atoms with Gasteiger partial charge in [-0.3, -0.25) is 10.1 Å². The van der Waals surface area contributed by atoms with Crippen LogP contribution in [0.1, 0.15) is 19.3 Å². The molecule has 5 nitrogen and oxygen atoms in total. The third kappa shape index (κ3) is 4.46. The number of rotatable bonds is 5. The molecule has 21 heavy (non-hydrogen) atoms. The predicted octanol–water partition coefficient (Wildman–Crippen LogP) is 4.05. The Bertz CT molecular complexity index is 517. The number of nitro groups is 1. The lowest BCUT2D eigenvalue weighted by Gasteiger charge is -2.28. The van der Waals surface area contributed by atoms with Crippen LogP contribution in [0.3, 0.4) is 0 Å². The molecule has 0 atom stereocenters. The SMILES string of the molecule is CN1CCC(CCNc2cc(Cl)c(Cl)cc2[N+](=O)[O-])CC1. The van der Waals surface area contributed by atoms with E-state index in [0.29, 0.717) is 23.2 Å². The molecular formula is C14H19Cl2N3O2. The summed E-state index contributed by atoms with van der Waals surface area (Å²) in [6, 6.07) is 2.82. The smallest absolute Gasteiger partial charge is 0.293 e. The molecule has 1 saturated heterocycles. The highest BCUT2D eigenvalue weighted by Gasteiger charge is 2.19. The molecule has 1 aliphatic rings. The van der Waals surface area contributed by atoms with Crippen LogP contribution in [0, 0.1) is 16.0 Å². The van der Waals surface area contributed by atoms with Crippen molar-refractivity contribution >= 4 is 34.6 Å². The standard InChI is InChI=1S/C14H19Cl2N3O2/c1-18-6-3-10(4-7-18)2-5-17-13-8-11(15)12(16)9-14(13)19(20)21/h8-10,17H,2-7H2,1H3. The van der Waals surface area contributed by atoms with Crippen LogP contribution in [0.25, 0.3) is 0 Å². The fourth-order valence-electron chi connectivity index (χ4n) is 2.59. The fourth-order valence-corrected chi connectivity index (χ4v) is 2.91. The van der Waals surface area contributed by atoms with Gasteiger partial charge in [-0.15, -0.1) is 0 Å². The molecule has 1 N–H and O–H groups in total. The maximum absolute atomic E-state index is 11.0. The number of nitrogens with one attached hydrogen (secondary N) is 1. The summed E-state index contributed by atoms with van der Waals surface area (Å²) in [4.78, 5) is 12.9. The number of nitrogens with zero attached hydrogens (tertiary/aromatic N) is 2. The van der Waals surface area contributed by atoms with Crippen LogP contribution >= 0.6 is 23.2 Å². The maximum atomic E-state index is 11.0. The lowest BCUT2D eigenvalue weighted by Crippen LogP contribution is -2.30. The number of benzene rings is 1. The van der Waals surface area contributed by atoms with E-state index in [9.17, 15) is 10.1 Å². The molecule has 0 saturated carbocycles. The summed E-state index contributed by atoms with van der Waals surface area (Å²) < 4.78 is 0. The van der Waals surface area contributed by atoms with E-state index < -0.39 is 4.92 Å². The average molecular weight is 332 g/mol. The largest absolute Gasteiger partial charge is 0.379 e.